The van der Waals surface area contributed by atoms with Crippen LogP contribution in [0.1, 0.15) is 24.8 Å². The van der Waals surface area contributed by atoms with Crippen LogP contribution in [-0.2, 0) is 11.2 Å². The van der Waals surface area contributed by atoms with Crippen molar-refractivity contribution >= 4 is 11.6 Å². The summed E-state index contributed by atoms with van der Waals surface area (Å²) < 4.78 is 5.92. The number of ether oxygens (including phenoxy) is 1. The van der Waals surface area contributed by atoms with Crippen molar-refractivity contribution in [3.63, 3.8) is 0 Å². The summed E-state index contributed by atoms with van der Waals surface area (Å²) in [5, 5.41) is 14.5. The molecule has 0 aliphatic heterocycles. The first-order valence-electron chi connectivity index (χ1n) is 11.0. The van der Waals surface area contributed by atoms with Gasteiger partial charge in [-0.25, -0.2) is 0 Å². The van der Waals surface area contributed by atoms with Gasteiger partial charge < -0.3 is 20.1 Å². The lowest BCUT2D eigenvalue weighted by atomic mass is 9.87. The number of para-hydroxylation sites is 1. The van der Waals surface area contributed by atoms with E-state index in [1.165, 1.54) is 0 Å². The lowest BCUT2D eigenvalue weighted by molar-refractivity contribution is -0.134. The van der Waals surface area contributed by atoms with Gasteiger partial charge in [-0.15, -0.1) is 0 Å². The number of anilines is 1. The molecule has 4 rings (SSSR count). The highest BCUT2D eigenvalue weighted by Gasteiger charge is 2.36. The third-order valence-electron chi connectivity index (χ3n) is 5.96. The zero-order valence-corrected chi connectivity index (χ0v) is 18.2. The number of nitrogens with zero attached hydrogens (tertiary/aromatic N) is 2. The van der Waals surface area contributed by atoms with Gasteiger partial charge in [0.2, 0.25) is 5.91 Å². The molecule has 1 amide bonds. The monoisotopic (exact) mass is 431 g/mol. The summed E-state index contributed by atoms with van der Waals surface area (Å²) >= 11 is 0. The van der Waals surface area contributed by atoms with E-state index < -0.39 is 6.10 Å². The Morgan fingerprint density at radius 2 is 1.91 bits per heavy atom. The number of pyridine rings is 1. The molecule has 1 heterocycles. The Morgan fingerprint density at radius 3 is 2.69 bits per heavy atom. The fraction of sp³-hybridized carbons (Fsp3) is 0.308. The van der Waals surface area contributed by atoms with Crippen LogP contribution in [-0.4, -0.2) is 46.1 Å². The van der Waals surface area contributed by atoms with Crippen molar-refractivity contribution in [3.8, 4) is 11.5 Å². The van der Waals surface area contributed by atoms with Crippen LogP contribution < -0.4 is 10.1 Å². The van der Waals surface area contributed by atoms with E-state index in [0.29, 0.717) is 0 Å². The highest BCUT2D eigenvalue weighted by atomic mass is 16.5. The highest BCUT2D eigenvalue weighted by Crippen LogP contribution is 2.29. The second-order valence-corrected chi connectivity index (χ2v) is 8.23. The Labute approximate surface area is 188 Å². The first kappa shape index (κ1) is 21.8. The number of hydrogen-bond donors (Lipinski definition) is 2. The molecule has 6 heteroatoms. The number of aliphatic hydroxyl groups is 1. The first-order chi connectivity index (χ1) is 15.6. The predicted octanol–water partition coefficient (Wildman–Crippen LogP) is 4.27. The average Bonchev–Trinajstić information content (AvgIpc) is 2.81. The molecule has 0 bridgehead atoms. The Hall–Kier alpha value is -3.38. The summed E-state index contributed by atoms with van der Waals surface area (Å²) in [5.74, 6) is 1.49. The van der Waals surface area contributed by atoms with Gasteiger partial charge in [-0.2, -0.15) is 0 Å². The van der Waals surface area contributed by atoms with Crippen molar-refractivity contribution in [1.29, 1.82) is 0 Å². The van der Waals surface area contributed by atoms with Crippen LogP contribution in [0.5, 0.6) is 11.5 Å². The fourth-order valence-electron chi connectivity index (χ4n) is 4.21. The summed E-state index contributed by atoms with van der Waals surface area (Å²) in [4.78, 5) is 18.6. The van der Waals surface area contributed by atoms with E-state index >= 15 is 0 Å². The zero-order chi connectivity index (χ0) is 22.3. The number of nitrogens with one attached hydrogen (secondary N) is 1. The Bertz CT molecular complexity index is 1010. The zero-order valence-electron chi connectivity index (χ0n) is 18.2. The molecule has 2 aromatic carbocycles. The second-order valence-electron chi connectivity index (χ2n) is 8.23. The first-order valence-corrected chi connectivity index (χ1v) is 11.0. The summed E-state index contributed by atoms with van der Waals surface area (Å²) in [6, 6.07) is 20.7. The molecule has 0 saturated heterocycles. The molecular formula is C26H29N3O3. The normalized spacial score (nSPS) is 20.4. The quantitative estimate of drug-likeness (QED) is 0.584. The van der Waals surface area contributed by atoms with E-state index in [2.05, 4.69) is 10.3 Å². The maximum absolute atomic E-state index is 12.8. The number of carbonyl (C=O) groups excluding carboxylic acids is 1. The second kappa shape index (κ2) is 10.3. The SMILES string of the molecule is CN(C(=O)Cc1cccnc1)[C@@H]1CCC[C@@H](Nc2cccc(Oc3ccccc3)c2)[C@@H]1O. The summed E-state index contributed by atoms with van der Waals surface area (Å²) in [6.45, 7) is 0. The highest BCUT2D eigenvalue weighted by molar-refractivity contribution is 5.78. The molecule has 166 valence electrons. The van der Waals surface area contributed by atoms with Gasteiger partial charge in [0.25, 0.3) is 0 Å². The van der Waals surface area contributed by atoms with Gasteiger partial charge >= 0.3 is 0 Å². The van der Waals surface area contributed by atoms with Crippen molar-refractivity contribution < 1.29 is 14.6 Å². The predicted molar refractivity (Wildman–Crippen MR) is 125 cm³/mol. The van der Waals surface area contributed by atoms with Crippen LogP contribution in [0.3, 0.4) is 0 Å². The molecule has 1 fully saturated rings. The standard InChI is InChI=1S/C26H29N3O3/c1-29(25(30)16-19-8-7-15-27-18-19)24-14-6-13-23(26(24)31)28-20-9-5-12-22(17-20)32-21-10-3-2-4-11-21/h2-5,7-12,15,17-18,23-24,26,28,31H,6,13-14,16H2,1H3/t23-,24-,26+/m1/s1. The molecule has 1 aliphatic rings. The summed E-state index contributed by atoms with van der Waals surface area (Å²) in [5.41, 5.74) is 1.76. The third-order valence-corrected chi connectivity index (χ3v) is 5.96. The van der Waals surface area contributed by atoms with Crippen LogP contribution >= 0.6 is 0 Å². The van der Waals surface area contributed by atoms with Crippen LogP contribution in [0.15, 0.2) is 79.1 Å². The number of aromatic nitrogens is 1. The summed E-state index contributed by atoms with van der Waals surface area (Å²) in [6.07, 6.45) is 5.58. The van der Waals surface area contributed by atoms with Gasteiger partial charge in [-0.3, -0.25) is 9.78 Å². The molecule has 1 aromatic heterocycles. The van der Waals surface area contributed by atoms with E-state index in [0.717, 1.165) is 42.0 Å². The molecule has 6 nitrogen and oxygen atoms in total. The van der Waals surface area contributed by atoms with Crippen molar-refractivity contribution in [2.24, 2.45) is 0 Å². The fourth-order valence-corrected chi connectivity index (χ4v) is 4.21. The number of likely N-dealkylation sites (N-methyl/N-ethyl adjacent to an activating group) is 1. The summed E-state index contributed by atoms with van der Waals surface area (Å²) in [7, 11) is 1.78. The topological polar surface area (TPSA) is 74.7 Å². The lowest BCUT2D eigenvalue weighted by Gasteiger charge is -2.40. The van der Waals surface area contributed by atoms with Crippen LogP contribution in [0.25, 0.3) is 0 Å². The number of aliphatic hydroxyl groups excluding tert-OH is 1. The molecule has 3 atom stereocenters. The van der Waals surface area contributed by atoms with Crippen molar-refractivity contribution in [2.75, 3.05) is 12.4 Å². The Morgan fingerprint density at radius 1 is 1.09 bits per heavy atom. The van der Waals surface area contributed by atoms with Gasteiger partial charge in [0.15, 0.2) is 0 Å². The van der Waals surface area contributed by atoms with E-state index in [4.69, 9.17) is 4.74 Å². The largest absolute Gasteiger partial charge is 0.457 e. The molecule has 1 aliphatic carbocycles. The molecular weight excluding hydrogens is 402 g/mol. The van der Waals surface area contributed by atoms with E-state index in [1.807, 2.05) is 66.7 Å². The van der Waals surface area contributed by atoms with Gasteiger partial charge in [-0.1, -0.05) is 30.3 Å². The molecule has 32 heavy (non-hydrogen) atoms. The molecule has 0 spiro atoms. The molecule has 2 N–H and O–H groups in total. The van der Waals surface area contributed by atoms with Gasteiger partial charge in [0.1, 0.15) is 11.5 Å². The third kappa shape index (κ3) is 5.45. The van der Waals surface area contributed by atoms with Crippen molar-refractivity contribution in [2.45, 2.75) is 43.9 Å². The number of amides is 1. The number of benzene rings is 2. The maximum atomic E-state index is 12.8. The van der Waals surface area contributed by atoms with Crippen LogP contribution in [0.4, 0.5) is 5.69 Å². The smallest absolute Gasteiger partial charge is 0.227 e. The maximum Gasteiger partial charge on any atom is 0.227 e. The minimum atomic E-state index is -0.662. The van der Waals surface area contributed by atoms with E-state index in [1.54, 1.807) is 24.3 Å². The van der Waals surface area contributed by atoms with Crippen LogP contribution in [0, 0.1) is 0 Å². The van der Waals surface area contributed by atoms with E-state index in [-0.39, 0.29) is 24.4 Å². The minimum Gasteiger partial charge on any atom is -0.457 e. The average molecular weight is 432 g/mol. The Balaban J connectivity index is 1.39. The van der Waals surface area contributed by atoms with Gasteiger partial charge in [0.05, 0.1) is 24.6 Å². The number of rotatable bonds is 7. The van der Waals surface area contributed by atoms with Crippen LogP contribution in [0.2, 0.25) is 0 Å². The van der Waals surface area contributed by atoms with E-state index in [9.17, 15) is 9.90 Å². The number of hydrogen-bond acceptors (Lipinski definition) is 5. The Kier molecular flexibility index (Phi) is 7.02. The van der Waals surface area contributed by atoms with Gasteiger partial charge in [-0.05, 0) is 55.2 Å². The van der Waals surface area contributed by atoms with Gasteiger partial charge in [0, 0.05) is 31.2 Å². The molecule has 0 radical (unpaired) electrons. The lowest BCUT2D eigenvalue weighted by Crippen LogP contribution is -2.54. The molecule has 3 aromatic rings. The molecule has 1 saturated carbocycles. The number of carbonyl (C=O) groups is 1. The van der Waals surface area contributed by atoms with Crippen molar-refractivity contribution in [1.82, 2.24) is 9.88 Å². The van der Waals surface area contributed by atoms with Crippen molar-refractivity contribution in [3.05, 3.63) is 84.7 Å². The minimum absolute atomic E-state index is 0.0130. The molecule has 0 unspecified atom stereocenters.